The number of nitrogens with zero attached hydrogens (tertiary/aromatic N) is 2. The Hall–Kier alpha value is -1.49. The molecule has 0 aliphatic carbocycles. The first kappa shape index (κ1) is 15.9. The highest BCUT2D eigenvalue weighted by Gasteiger charge is 2.35. The number of hydrogen-bond donors (Lipinski definition) is 0. The van der Waals surface area contributed by atoms with Crippen molar-refractivity contribution in [3.8, 4) is 0 Å². The Morgan fingerprint density at radius 1 is 1.19 bits per heavy atom. The average Bonchev–Trinajstić information content (AvgIpc) is 2.43. The average molecular weight is 317 g/mol. The van der Waals surface area contributed by atoms with E-state index in [4.69, 9.17) is 11.6 Å². The SMILES string of the molecule is CCN(CC)c1ccc2nc(C(F)(F)F)c(C)c(Cl)c2c1. The zero-order valence-electron chi connectivity index (χ0n) is 12.1. The first-order valence-electron chi connectivity index (χ1n) is 6.71. The lowest BCUT2D eigenvalue weighted by Gasteiger charge is -2.22. The Kier molecular flexibility index (Phi) is 4.33. The number of aromatic nitrogens is 1. The van der Waals surface area contributed by atoms with Crippen LogP contribution in [0.4, 0.5) is 18.9 Å². The standard InChI is InChI=1S/C15H16ClF3N2/c1-4-21(5-2)10-6-7-12-11(8-10)13(16)9(3)14(20-12)15(17,18)19/h6-8H,4-5H2,1-3H3. The number of rotatable bonds is 3. The van der Waals surface area contributed by atoms with E-state index in [0.29, 0.717) is 5.39 Å². The van der Waals surface area contributed by atoms with E-state index >= 15 is 0 Å². The molecular weight excluding hydrogens is 301 g/mol. The molecule has 6 heteroatoms. The normalized spacial score (nSPS) is 12.0. The zero-order chi connectivity index (χ0) is 15.8. The summed E-state index contributed by atoms with van der Waals surface area (Å²) in [6.07, 6.45) is -4.50. The molecule has 0 N–H and O–H groups in total. The van der Waals surface area contributed by atoms with Crippen molar-refractivity contribution in [1.29, 1.82) is 0 Å². The van der Waals surface area contributed by atoms with Crippen LogP contribution in [0.2, 0.25) is 5.02 Å². The minimum absolute atomic E-state index is 0.0339. The van der Waals surface area contributed by atoms with Crippen molar-refractivity contribution in [2.24, 2.45) is 0 Å². The molecule has 2 aromatic rings. The van der Waals surface area contributed by atoms with Gasteiger partial charge in [-0.2, -0.15) is 13.2 Å². The van der Waals surface area contributed by atoms with E-state index in [2.05, 4.69) is 9.88 Å². The molecule has 0 spiro atoms. The summed E-state index contributed by atoms with van der Waals surface area (Å²) >= 11 is 6.14. The summed E-state index contributed by atoms with van der Waals surface area (Å²) in [5.41, 5.74) is 0.230. The minimum Gasteiger partial charge on any atom is -0.372 e. The van der Waals surface area contributed by atoms with Crippen molar-refractivity contribution in [3.63, 3.8) is 0 Å². The molecule has 0 unspecified atom stereocenters. The number of hydrogen-bond acceptors (Lipinski definition) is 2. The Morgan fingerprint density at radius 3 is 2.33 bits per heavy atom. The van der Waals surface area contributed by atoms with Crippen LogP contribution >= 0.6 is 11.6 Å². The number of alkyl halides is 3. The lowest BCUT2D eigenvalue weighted by atomic mass is 10.1. The van der Waals surface area contributed by atoms with Gasteiger partial charge in [-0.1, -0.05) is 11.6 Å². The van der Waals surface area contributed by atoms with E-state index in [9.17, 15) is 13.2 Å². The van der Waals surface area contributed by atoms with Gasteiger partial charge in [0, 0.05) is 24.2 Å². The highest BCUT2D eigenvalue weighted by molar-refractivity contribution is 6.36. The maximum atomic E-state index is 12.9. The molecule has 0 atom stereocenters. The van der Waals surface area contributed by atoms with Crippen LogP contribution in [0.5, 0.6) is 0 Å². The summed E-state index contributed by atoms with van der Waals surface area (Å²) < 4.78 is 38.8. The van der Waals surface area contributed by atoms with Crippen molar-refractivity contribution in [3.05, 3.63) is 34.5 Å². The summed E-state index contributed by atoms with van der Waals surface area (Å²) in [6, 6.07) is 5.16. The monoisotopic (exact) mass is 316 g/mol. The lowest BCUT2D eigenvalue weighted by Crippen LogP contribution is -2.21. The van der Waals surface area contributed by atoms with Crippen LogP contribution in [-0.2, 0) is 6.18 Å². The Morgan fingerprint density at radius 2 is 1.81 bits per heavy atom. The van der Waals surface area contributed by atoms with E-state index in [1.165, 1.54) is 6.92 Å². The summed E-state index contributed by atoms with van der Waals surface area (Å²) in [7, 11) is 0. The predicted octanol–water partition coefficient (Wildman–Crippen LogP) is 5.06. The summed E-state index contributed by atoms with van der Waals surface area (Å²) in [6.45, 7) is 7.01. The molecule has 0 aliphatic heterocycles. The van der Waals surface area contributed by atoms with Crippen LogP contribution in [0, 0.1) is 6.92 Å². The van der Waals surface area contributed by atoms with Crippen LogP contribution in [-0.4, -0.2) is 18.1 Å². The van der Waals surface area contributed by atoms with Crippen LogP contribution in [0.3, 0.4) is 0 Å². The highest BCUT2D eigenvalue weighted by Crippen LogP contribution is 2.37. The van der Waals surface area contributed by atoms with E-state index < -0.39 is 11.9 Å². The molecule has 2 nitrogen and oxygen atoms in total. The van der Waals surface area contributed by atoms with Crippen molar-refractivity contribution in [1.82, 2.24) is 4.98 Å². The van der Waals surface area contributed by atoms with Gasteiger partial charge in [0.2, 0.25) is 0 Å². The molecule has 0 fully saturated rings. The first-order chi connectivity index (χ1) is 9.79. The molecule has 0 bridgehead atoms. The van der Waals surface area contributed by atoms with E-state index in [0.717, 1.165) is 18.8 Å². The van der Waals surface area contributed by atoms with Gasteiger partial charge >= 0.3 is 6.18 Å². The topological polar surface area (TPSA) is 16.1 Å². The molecule has 0 aliphatic rings. The first-order valence-corrected chi connectivity index (χ1v) is 7.09. The van der Waals surface area contributed by atoms with Crippen molar-refractivity contribution in [2.45, 2.75) is 26.9 Å². The molecule has 1 aromatic heterocycles. The van der Waals surface area contributed by atoms with Crippen LogP contribution in [0.25, 0.3) is 10.9 Å². The maximum absolute atomic E-state index is 12.9. The van der Waals surface area contributed by atoms with Gasteiger partial charge in [-0.3, -0.25) is 0 Å². The molecule has 1 heterocycles. The second-order valence-corrected chi connectivity index (χ2v) is 5.15. The summed E-state index contributed by atoms with van der Waals surface area (Å²) in [5, 5.41) is 0.660. The Balaban J connectivity index is 2.68. The van der Waals surface area contributed by atoms with Gasteiger partial charge in [-0.15, -0.1) is 0 Å². The third-order valence-corrected chi connectivity index (χ3v) is 4.02. The van der Waals surface area contributed by atoms with Crippen molar-refractivity contribution >= 4 is 28.2 Å². The molecule has 21 heavy (non-hydrogen) atoms. The smallest absolute Gasteiger partial charge is 0.372 e. The Labute approximate surface area is 126 Å². The van der Waals surface area contributed by atoms with E-state index in [-0.39, 0.29) is 16.1 Å². The fourth-order valence-corrected chi connectivity index (χ4v) is 2.61. The molecule has 1 aromatic carbocycles. The van der Waals surface area contributed by atoms with Gasteiger partial charge in [0.15, 0.2) is 0 Å². The van der Waals surface area contributed by atoms with Gasteiger partial charge in [0.25, 0.3) is 0 Å². The molecule has 0 radical (unpaired) electrons. The van der Waals surface area contributed by atoms with Gasteiger partial charge < -0.3 is 4.90 Å². The second kappa shape index (κ2) is 5.72. The van der Waals surface area contributed by atoms with Gasteiger partial charge in [-0.25, -0.2) is 4.98 Å². The number of anilines is 1. The van der Waals surface area contributed by atoms with Gasteiger partial charge in [-0.05, 0) is 44.5 Å². The number of halogens is 4. The number of pyridine rings is 1. The molecule has 0 saturated carbocycles. The lowest BCUT2D eigenvalue weighted by molar-refractivity contribution is -0.141. The third-order valence-electron chi connectivity index (χ3n) is 3.53. The van der Waals surface area contributed by atoms with Crippen LogP contribution in [0.15, 0.2) is 18.2 Å². The molecule has 114 valence electrons. The molecule has 0 saturated heterocycles. The molecule has 2 rings (SSSR count). The zero-order valence-corrected chi connectivity index (χ0v) is 12.8. The third kappa shape index (κ3) is 2.93. The molecule has 0 amide bonds. The quantitative estimate of drug-likeness (QED) is 0.786. The van der Waals surface area contributed by atoms with Crippen LogP contribution < -0.4 is 4.90 Å². The van der Waals surface area contributed by atoms with Crippen molar-refractivity contribution in [2.75, 3.05) is 18.0 Å². The Bertz CT molecular complexity index is 664. The maximum Gasteiger partial charge on any atom is 0.433 e. The largest absolute Gasteiger partial charge is 0.433 e. The van der Waals surface area contributed by atoms with Gasteiger partial charge in [0.1, 0.15) is 5.69 Å². The van der Waals surface area contributed by atoms with Crippen LogP contribution in [0.1, 0.15) is 25.1 Å². The van der Waals surface area contributed by atoms with E-state index in [1.54, 1.807) is 18.2 Å². The molecular formula is C15H16ClF3N2. The fraction of sp³-hybridized carbons (Fsp3) is 0.400. The number of fused-ring (bicyclic) bond motifs is 1. The number of benzene rings is 1. The second-order valence-electron chi connectivity index (χ2n) is 4.77. The predicted molar refractivity (Wildman–Crippen MR) is 80.1 cm³/mol. The minimum atomic E-state index is -4.50. The summed E-state index contributed by atoms with van der Waals surface area (Å²) in [4.78, 5) is 5.83. The summed E-state index contributed by atoms with van der Waals surface area (Å²) in [5.74, 6) is 0. The van der Waals surface area contributed by atoms with Crippen molar-refractivity contribution < 1.29 is 13.2 Å². The highest BCUT2D eigenvalue weighted by atomic mass is 35.5. The van der Waals surface area contributed by atoms with Gasteiger partial charge in [0.05, 0.1) is 10.5 Å². The van der Waals surface area contributed by atoms with E-state index in [1.807, 2.05) is 13.8 Å². The fourth-order valence-electron chi connectivity index (χ4n) is 2.37.